The van der Waals surface area contributed by atoms with E-state index in [4.69, 9.17) is 15.2 Å². The third-order valence-electron chi connectivity index (χ3n) is 2.73. The summed E-state index contributed by atoms with van der Waals surface area (Å²) in [5.41, 5.74) is 7.15. The molecular weight excluding hydrogens is 262 g/mol. The van der Waals surface area contributed by atoms with Gasteiger partial charge in [-0.05, 0) is 29.3 Å². The maximum atomic E-state index is 11.1. The topological polar surface area (TPSA) is 61.5 Å². The highest BCUT2D eigenvalue weighted by atomic mass is 32.1. The summed E-state index contributed by atoms with van der Waals surface area (Å²) < 4.78 is 11.3. The first-order valence-corrected chi connectivity index (χ1v) is 7.05. The summed E-state index contributed by atoms with van der Waals surface area (Å²) in [4.78, 5) is 11.1. The number of benzene rings is 1. The second kappa shape index (κ2) is 6.65. The molecule has 0 fully saturated rings. The molecule has 0 bridgehead atoms. The number of carbonyl (C=O) groups excluding carboxylic acids is 1. The number of ether oxygens (including phenoxy) is 2. The molecule has 0 saturated heterocycles. The smallest absolute Gasteiger partial charge is 0.332 e. The predicted molar refractivity (Wildman–Crippen MR) is 76.2 cm³/mol. The number of thiophene rings is 1. The highest BCUT2D eigenvalue weighted by Crippen LogP contribution is 2.29. The van der Waals surface area contributed by atoms with Gasteiger partial charge in [-0.3, -0.25) is 0 Å². The average Bonchev–Trinajstić information content (AvgIpc) is 2.82. The standard InChI is InChI=1S/C14H17NO3S/c1-2-18-14(16)8-17-7-12(15)11-9-19-13-6-4-3-5-10(11)13/h3-6,9,12H,2,7-8,15H2,1H3. The molecule has 0 saturated carbocycles. The molecular formula is C14H17NO3S. The first-order valence-electron chi connectivity index (χ1n) is 6.17. The van der Waals surface area contributed by atoms with Gasteiger partial charge >= 0.3 is 5.97 Å². The van der Waals surface area contributed by atoms with E-state index in [0.29, 0.717) is 13.2 Å². The second-order valence-electron chi connectivity index (χ2n) is 4.11. The molecule has 0 aliphatic heterocycles. The first kappa shape index (κ1) is 14.0. The zero-order valence-electron chi connectivity index (χ0n) is 10.8. The van der Waals surface area contributed by atoms with Crippen LogP contribution in [0.3, 0.4) is 0 Å². The van der Waals surface area contributed by atoms with Crippen molar-refractivity contribution in [2.24, 2.45) is 5.73 Å². The van der Waals surface area contributed by atoms with Crippen LogP contribution in [-0.4, -0.2) is 25.8 Å². The molecule has 0 aliphatic carbocycles. The average molecular weight is 279 g/mol. The number of hydrogen-bond donors (Lipinski definition) is 1. The zero-order valence-corrected chi connectivity index (χ0v) is 11.6. The lowest BCUT2D eigenvalue weighted by molar-refractivity contribution is -0.148. The van der Waals surface area contributed by atoms with Gasteiger partial charge in [-0.25, -0.2) is 4.79 Å². The lowest BCUT2D eigenvalue weighted by Gasteiger charge is -2.11. The normalized spacial score (nSPS) is 12.5. The van der Waals surface area contributed by atoms with Crippen molar-refractivity contribution in [3.05, 3.63) is 35.2 Å². The van der Waals surface area contributed by atoms with Crippen molar-refractivity contribution in [3.8, 4) is 0 Å². The number of hydrogen-bond acceptors (Lipinski definition) is 5. The second-order valence-corrected chi connectivity index (χ2v) is 5.03. The van der Waals surface area contributed by atoms with E-state index >= 15 is 0 Å². The number of esters is 1. The summed E-state index contributed by atoms with van der Waals surface area (Å²) in [5.74, 6) is -0.357. The molecule has 2 rings (SSSR count). The number of carbonyl (C=O) groups is 1. The third-order valence-corrected chi connectivity index (χ3v) is 3.71. The summed E-state index contributed by atoms with van der Waals surface area (Å²) in [7, 11) is 0. The largest absolute Gasteiger partial charge is 0.464 e. The molecule has 1 unspecified atom stereocenters. The Balaban J connectivity index is 1.93. The van der Waals surface area contributed by atoms with Crippen LogP contribution in [0.1, 0.15) is 18.5 Å². The van der Waals surface area contributed by atoms with Gasteiger partial charge in [0.05, 0.1) is 19.3 Å². The molecule has 19 heavy (non-hydrogen) atoms. The van der Waals surface area contributed by atoms with Crippen molar-refractivity contribution in [2.75, 3.05) is 19.8 Å². The van der Waals surface area contributed by atoms with E-state index in [1.807, 2.05) is 23.6 Å². The van der Waals surface area contributed by atoms with Crippen molar-refractivity contribution >= 4 is 27.4 Å². The molecule has 0 aliphatic rings. The van der Waals surface area contributed by atoms with E-state index in [-0.39, 0.29) is 18.6 Å². The molecule has 1 atom stereocenters. The fraction of sp³-hybridized carbons (Fsp3) is 0.357. The monoisotopic (exact) mass is 279 g/mol. The van der Waals surface area contributed by atoms with Crippen LogP contribution >= 0.6 is 11.3 Å². The van der Waals surface area contributed by atoms with Gasteiger partial charge < -0.3 is 15.2 Å². The lowest BCUT2D eigenvalue weighted by Crippen LogP contribution is -2.20. The molecule has 2 aromatic rings. The van der Waals surface area contributed by atoms with Crippen molar-refractivity contribution < 1.29 is 14.3 Å². The van der Waals surface area contributed by atoms with Crippen LogP contribution in [0.25, 0.3) is 10.1 Å². The number of fused-ring (bicyclic) bond motifs is 1. The Hall–Kier alpha value is -1.43. The fourth-order valence-electron chi connectivity index (χ4n) is 1.85. The highest BCUT2D eigenvalue weighted by Gasteiger charge is 2.12. The van der Waals surface area contributed by atoms with Gasteiger partial charge in [0.1, 0.15) is 6.61 Å². The lowest BCUT2D eigenvalue weighted by atomic mass is 10.1. The van der Waals surface area contributed by atoms with Crippen LogP contribution in [0.4, 0.5) is 0 Å². The third kappa shape index (κ3) is 3.53. The minimum absolute atomic E-state index is 0.0520. The summed E-state index contributed by atoms with van der Waals surface area (Å²) in [6.07, 6.45) is 0. The molecule has 2 N–H and O–H groups in total. The molecule has 1 aromatic carbocycles. The Morgan fingerprint density at radius 1 is 1.42 bits per heavy atom. The van der Waals surface area contributed by atoms with Crippen molar-refractivity contribution in [1.29, 1.82) is 0 Å². The number of rotatable bonds is 6. The molecule has 0 amide bonds. The van der Waals surface area contributed by atoms with Gasteiger partial charge in [-0.1, -0.05) is 18.2 Å². The minimum Gasteiger partial charge on any atom is -0.464 e. The number of nitrogens with two attached hydrogens (primary N) is 1. The maximum Gasteiger partial charge on any atom is 0.332 e. The Morgan fingerprint density at radius 3 is 3.00 bits per heavy atom. The fourth-order valence-corrected chi connectivity index (χ4v) is 2.87. The van der Waals surface area contributed by atoms with E-state index in [1.54, 1.807) is 18.3 Å². The van der Waals surface area contributed by atoms with Gasteiger partial charge in [0.25, 0.3) is 0 Å². The van der Waals surface area contributed by atoms with Gasteiger partial charge in [0.15, 0.2) is 0 Å². The highest BCUT2D eigenvalue weighted by molar-refractivity contribution is 7.17. The Labute approximate surface area is 116 Å². The summed E-state index contributed by atoms with van der Waals surface area (Å²) in [5, 5.41) is 3.20. The zero-order chi connectivity index (χ0) is 13.7. The van der Waals surface area contributed by atoms with Gasteiger partial charge in [0.2, 0.25) is 0 Å². The Kier molecular flexibility index (Phi) is 4.90. The van der Waals surface area contributed by atoms with Crippen LogP contribution in [0.2, 0.25) is 0 Å². The molecule has 1 aromatic heterocycles. The van der Waals surface area contributed by atoms with Crippen LogP contribution in [-0.2, 0) is 14.3 Å². The Morgan fingerprint density at radius 2 is 2.21 bits per heavy atom. The SMILES string of the molecule is CCOC(=O)COCC(N)c1csc2ccccc12. The van der Waals surface area contributed by atoms with E-state index in [9.17, 15) is 4.79 Å². The predicted octanol–water partition coefficient (Wildman–Crippen LogP) is 2.48. The van der Waals surface area contributed by atoms with Crippen LogP contribution in [0, 0.1) is 0 Å². The maximum absolute atomic E-state index is 11.1. The first-order chi connectivity index (χ1) is 9.22. The van der Waals surface area contributed by atoms with Gasteiger partial charge in [-0.15, -0.1) is 11.3 Å². The molecule has 0 radical (unpaired) electrons. The summed E-state index contributed by atoms with van der Waals surface area (Å²) >= 11 is 1.66. The summed E-state index contributed by atoms with van der Waals surface area (Å²) in [6, 6.07) is 7.88. The van der Waals surface area contributed by atoms with Crippen LogP contribution in [0.5, 0.6) is 0 Å². The quantitative estimate of drug-likeness (QED) is 0.825. The van der Waals surface area contributed by atoms with Crippen molar-refractivity contribution in [3.63, 3.8) is 0 Å². The van der Waals surface area contributed by atoms with E-state index < -0.39 is 0 Å². The van der Waals surface area contributed by atoms with Crippen molar-refractivity contribution in [1.82, 2.24) is 0 Å². The molecule has 102 valence electrons. The van der Waals surface area contributed by atoms with E-state index in [1.165, 1.54) is 4.70 Å². The summed E-state index contributed by atoms with van der Waals surface area (Å²) in [6.45, 7) is 2.38. The van der Waals surface area contributed by atoms with E-state index in [2.05, 4.69) is 6.07 Å². The molecule has 5 heteroatoms. The van der Waals surface area contributed by atoms with Gasteiger partial charge in [-0.2, -0.15) is 0 Å². The molecule has 1 heterocycles. The van der Waals surface area contributed by atoms with Crippen LogP contribution in [0.15, 0.2) is 29.6 Å². The van der Waals surface area contributed by atoms with E-state index in [0.717, 1.165) is 10.9 Å². The van der Waals surface area contributed by atoms with Gasteiger partial charge in [0, 0.05) is 4.70 Å². The van der Waals surface area contributed by atoms with Crippen molar-refractivity contribution in [2.45, 2.75) is 13.0 Å². The molecule has 4 nitrogen and oxygen atoms in total. The molecule has 0 spiro atoms. The minimum atomic E-state index is -0.357. The Bertz CT molecular complexity index is 552. The van der Waals surface area contributed by atoms with Crippen LogP contribution < -0.4 is 5.73 Å².